The van der Waals surface area contributed by atoms with Gasteiger partial charge in [0.1, 0.15) is 5.82 Å². The van der Waals surface area contributed by atoms with Crippen molar-refractivity contribution in [3.63, 3.8) is 0 Å². The predicted molar refractivity (Wildman–Crippen MR) is 82.3 cm³/mol. The van der Waals surface area contributed by atoms with Gasteiger partial charge in [0.05, 0.1) is 5.60 Å². The molecule has 1 unspecified atom stereocenters. The molecule has 4 heteroatoms. The highest BCUT2D eigenvalue weighted by atomic mass is 32.1. The van der Waals surface area contributed by atoms with E-state index in [0.29, 0.717) is 25.1 Å². The fourth-order valence-corrected chi connectivity index (χ4v) is 2.65. The molecule has 0 saturated carbocycles. The largest absolute Gasteiger partial charge is 0.389 e. The van der Waals surface area contributed by atoms with Crippen LogP contribution < -0.4 is 5.32 Å². The lowest BCUT2D eigenvalue weighted by Gasteiger charge is -2.21. The number of rotatable bonds is 6. The lowest BCUT2D eigenvalue weighted by molar-refractivity contribution is 0.0555. The first-order chi connectivity index (χ1) is 9.52. The van der Waals surface area contributed by atoms with Gasteiger partial charge in [-0.3, -0.25) is 0 Å². The Hall–Kier alpha value is -1.23. The maximum atomic E-state index is 13.8. The standard InChI is InChI=1S/C16H20FNOS/c1-3-16(2,19)11-18-10-12-6-7-14(17)13(9-12)15-5-4-8-20-15/h4-9,18-19H,3,10-11H2,1-2H3. The molecular formula is C16H20FNOS. The molecule has 108 valence electrons. The van der Waals surface area contributed by atoms with E-state index >= 15 is 0 Å². The maximum Gasteiger partial charge on any atom is 0.131 e. The minimum Gasteiger partial charge on any atom is -0.389 e. The number of thiophene rings is 1. The number of benzene rings is 1. The van der Waals surface area contributed by atoms with Crippen molar-refractivity contribution in [2.75, 3.05) is 6.54 Å². The summed E-state index contributed by atoms with van der Waals surface area (Å²) in [6.45, 7) is 4.90. The molecule has 2 N–H and O–H groups in total. The first kappa shape index (κ1) is 15.2. The first-order valence-corrected chi connectivity index (χ1v) is 7.65. The maximum absolute atomic E-state index is 13.8. The van der Waals surface area contributed by atoms with Gasteiger partial charge < -0.3 is 10.4 Å². The molecule has 2 aromatic rings. The fourth-order valence-electron chi connectivity index (χ4n) is 1.90. The SMILES string of the molecule is CCC(C)(O)CNCc1ccc(F)c(-c2cccs2)c1. The average molecular weight is 293 g/mol. The second-order valence-electron chi connectivity index (χ2n) is 5.25. The third-order valence-corrected chi connectivity index (χ3v) is 4.32. The van der Waals surface area contributed by atoms with E-state index in [1.54, 1.807) is 6.07 Å². The summed E-state index contributed by atoms with van der Waals surface area (Å²) in [5.74, 6) is -0.197. The third kappa shape index (κ3) is 3.88. The van der Waals surface area contributed by atoms with Gasteiger partial charge in [0.25, 0.3) is 0 Å². The van der Waals surface area contributed by atoms with Crippen molar-refractivity contribution in [1.29, 1.82) is 0 Å². The van der Waals surface area contributed by atoms with Crippen LogP contribution in [0.3, 0.4) is 0 Å². The number of hydrogen-bond donors (Lipinski definition) is 2. The normalized spacial score (nSPS) is 14.2. The van der Waals surface area contributed by atoms with Crippen LogP contribution in [0.5, 0.6) is 0 Å². The van der Waals surface area contributed by atoms with Crippen molar-refractivity contribution in [1.82, 2.24) is 5.32 Å². The van der Waals surface area contributed by atoms with Crippen LogP contribution in [0.2, 0.25) is 0 Å². The van der Waals surface area contributed by atoms with E-state index in [-0.39, 0.29) is 5.82 Å². The van der Waals surface area contributed by atoms with E-state index in [0.717, 1.165) is 10.4 Å². The minimum atomic E-state index is -0.698. The summed E-state index contributed by atoms with van der Waals surface area (Å²) in [6.07, 6.45) is 0.698. The lowest BCUT2D eigenvalue weighted by atomic mass is 10.0. The minimum absolute atomic E-state index is 0.197. The van der Waals surface area contributed by atoms with Crippen LogP contribution in [0, 0.1) is 5.82 Å². The van der Waals surface area contributed by atoms with E-state index in [9.17, 15) is 9.50 Å². The molecular weight excluding hydrogens is 273 g/mol. The summed E-state index contributed by atoms with van der Waals surface area (Å²) in [7, 11) is 0. The highest BCUT2D eigenvalue weighted by Crippen LogP contribution is 2.28. The summed E-state index contributed by atoms with van der Waals surface area (Å²) in [5.41, 5.74) is 0.958. The number of nitrogens with one attached hydrogen (secondary N) is 1. The topological polar surface area (TPSA) is 32.3 Å². The number of halogens is 1. The molecule has 0 fully saturated rings. The van der Waals surface area contributed by atoms with Crippen molar-refractivity contribution in [3.05, 3.63) is 47.1 Å². The van der Waals surface area contributed by atoms with Crippen LogP contribution in [-0.4, -0.2) is 17.3 Å². The molecule has 0 aliphatic rings. The Labute approximate surface area is 123 Å². The number of hydrogen-bond acceptors (Lipinski definition) is 3. The molecule has 1 aromatic carbocycles. The average Bonchev–Trinajstić information content (AvgIpc) is 2.94. The zero-order valence-corrected chi connectivity index (χ0v) is 12.6. The molecule has 0 amide bonds. The molecule has 1 atom stereocenters. The second kappa shape index (κ2) is 6.48. The molecule has 2 nitrogen and oxygen atoms in total. The van der Waals surface area contributed by atoms with E-state index < -0.39 is 5.60 Å². The summed E-state index contributed by atoms with van der Waals surface area (Å²) >= 11 is 1.53. The van der Waals surface area contributed by atoms with Crippen LogP contribution in [0.1, 0.15) is 25.8 Å². The lowest BCUT2D eigenvalue weighted by Crippen LogP contribution is -2.36. The van der Waals surface area contributed by atoms with Crippen LogP contribution in [-0.2, 0) is 6.54 Å². The molecule has 0 aliphatic carbocycles. The van der Waals surface area contributed by atoms with Crippen molar-refractivity contribution in [2.45, 2.75) is 32.4 Å². The molecule has 1 aromatic heterocycles. The zero-order valence-electron chi connectivity index (χ0n) is 11.8. The van der Waals surface area contributed by atoms with Gasteiger partial charge in [-0.15, -0.1) is 11.3 Å². The Morgan fingerprint density at radius 2 is 2.15 bits per heavy atom. The van der Waals surface area contributed by atoms with Gasteiger partial charge in [-0.05, 0) is 42.5 Å². The third-order valence-electron chi connectivity index (χ3n) is 3.41. The van der Waals surface area contributed by atoms with Crippen LogP contribution in [0.15, 0.2) is 35.7 Å². The Kier molecular flexibility index (Phi) is 4.91. The van der Waals surface area contributed by atoms with Gasteiger partial charge >= 0.3 is 0 Å². The quantitative estimate of drug-likeness (QED) is 0.849. The van der Waals surface area contributed by atoms with E-state index in [1.807, 2.05) is 37.4 Å². The molecule has 0 saturated heterocycles. The van der Waals surface area contributed by atoms with Gasteiger partial charge in [-0.1, -0.05) is 19.1 Å². The van der Waals surface area contributed by atoms with Crippen molar-refractivity contribution in [3.8, 4) is 10.4 Å². The van der Waals surface area contributed by atoms with Crippen LogP contribution in [0.25, 0.3) is 10.4 Å². The van der Waals surface area contributed by atoms with Crippen LogP contribution in [0.4, 0.5) is 4.39 Å². The fraction of sp³-hybridized carbons (Fsp3) is 0.375. The van der Waals surface area contributed by atoms with Gasteiger partial charge in [-0.2, -0.15) is 0 Å². The monoisotopic (exact) mass is 293 g/mol. The summed E-state index contributed by atoms with van der Waals surface area (Å²) in [4.78, 5) is 0.935. The molecule has 2 rings (SSSR count). The van der Waals surface area contributed by atoms with E-state index in [2.05, 4.69) is 5.32 Å². The van der Waals surface area contributed by atoms with Crippen molar-refractivity contribution in [2.24, 2.45) is 0 Å². The highest BCUT2D eigenvalue weighted by Gasteiger charge is 2.16. The van der Waals surface area contributed by atoms with Gasteiger partial charge in [0.2, 0.25) is 0 Å². The van der Waals surface area contributed by atoms with Gasteiger partial charge in [0, 0.05) is 23.5 Å². The molecule has 0 aliphatic heterocycles. The van der Waals surface area contributed by atoms with E-state index in [1.165, 1.54) is 17.4 Å². The van der Waals surface area contributed by atoms with Crippen LogP contribution >= 0.6 is 11.3 Å². The second-order valence-corrected chi connectivity index (χ2v) is 6.19. The molecule has 0 bridgehead atoms. The van der Waals surface area contributed by atoms with Gasteiger partial charge in [-0.25, -0.2) is 4.39 Å². The summed E-state index contributed by atoms with van der Waals surface area (Å²) in [6, 6.07) is 8.99. The summed E-state index contributed by atoms with van der Waals surface area (Å²) < 4.78 is 13.8. The van der Waals surface area contributed by atoms with Crippen molar-refractivity contribution < 1.29 is 9.50 Å². The van der Waals surface area contributed by atoms with E-state index in [4.69, 9.17) is 0 Å². The number of aliphatic hydroxyl groups is 1. The van der Waals surface area contributed by atoms with Crippen molar-refractivity contribution >= 4 is 11.3 Å². The molecule has 1 heterocycles. The Morgan fingerprint density at radius 1 is 1.35 bits per heavy atom. The Bertz CT molecular complexity index is 552. The first-order valence-electron chi connectivity index (χ1n) is 6.77. The molecule has 20 heavy (non-hydrogen) atoms. The molecule has 0 spiro atoms. The Morgan fingerprint density at radius 3 is 2.80 bits per heavy atom. The predicted octanol–water partition coefficient (Wildman–Crippen LogP) is 3.80. The zero-order chi connectivity index (χ0) is 14.6. The molecule has 0 radical (unpaired) electrons. The highest BCUT2D eigenvalue weighted by molar-refractivity contribution is 7.13. The van der Waals surface area contributed by atoms with Gasteiger partial charge in [0.15, 0.2) is 0 Å². The Balaban J connectivity index is 2.05. The smallest absolute Gasteiger partial charge is 0.131 e. The summed E-state index contributed by atoms with van der Waals surface area (Å²) in [5, 5.41) is 15.1.